The monoisotopic (exact) mass is 275 g/mol. The van der Waals surface area contributed by atoms with Gasteiger partial charge in [-0.3, -0.25) is 4.79 Å². The minimum absolute atomic E-state index is 0.000283. The van der Waals surface area contributed by atoms with E-state index in [9.17, 15) is 13.6 Å². The van der Waals surface area contributed by atoms with Crippen molar-refractivity contribution in [3.8, 4) is 0 Å². The molecule has 1 amide bonds. The van der Waals surface area contributed by atoms with Gasteiger partial charge in [0, 0.05) is 12.5 Å². The Labute approximate surface area is 116 Å². The van der Waals surface area contributed by atoms with E-state index in [4.69, 9.17) is 0 Å². The quantitative estimate of drug-likeness (QED) is 0.902. The molecule has 2 nitrogen and oxygen atoms in total. The Kier molecular flexibility index (Phi) is 4.45. The second kappa shape index (κ2) is 6.28. The van der Waals surface area contributed by atoms with E-state index >= 15 is 0 Å². The van der Waals surface area contributed by atoms with Crippen LogP contribution in [0.5, 0.6) is 0 Å². The average molecular weight is 275 g/mol. The number of benzene rings is 2. The highest BCUT2D eigenvalue weighted by Crippen LogP contribution is 2.15. The van der Waals surface area contributed by atoms with Crippen molar-refractivity contribution >= 4 is 11.6 Å². The summed E-state index contributed by atoms with van der Waals surface area (Å²) in [6.07, 6.45) is 0.828. The number of hydrogen-bond donors (Lipinski definition) is 1. The van der Waals surface area contributed by atoms with Crippen molar-refractivity contribution in [1.29, 1.82) is 0 Å². The van der Waals surface area contributed by atoms with Crippen molar-refractivity contribution in [3.63, 3.8) is 0 Å². The number of aryl methyl sites for hydroxylation is 2. The van der Waals surface area contributed by atoms with Gasteiger partial charge in [-0.1, -0.05) is 29.8 Å². The van der Waals surface area contributed by atoms with Crippen LogP contribution < -0.4 is 5.32 Å². The van der Waals surface area contributed by atoms with E-state index < -0.39 is 11.6 Å². The van der Waals surface area contributed by atoms with Crippen LogP contribution in [0.15, 0.2) is 42.5 Å². The summed E-state index contributed by atoms with van der Waals surface area (Å²) in [5.41, 5.74) is 2.21. The molecule has 0 radical (unpaired) electrons. The first-order valence-electron chi connectivity index (χ1n) is 6.35. The van der Waals surface area contributed by atoms with Crippen molar-refractivity contribution in [1.82, 2.24) is 0 Å². The summed E-state index contributed by atoms with van der Waals surface area (Å²) in [5, 5.41) is 2.44. The predicted octanol–water partition coefficient (Wildman–Crippen LogP) is 3.84. The predicted molar refractivity (Wildman–Crippen MR) is 74.5 cm³/mol. The molecule has 4 heteroatoms. The number of carbonyl (C=O) groups is 1. The second-order valence-electron chi connectivity index (χ2n) is 4.66. The second-order valence-corrected chi connectivity index (χ2v) is 4.66. The number of carbonyl (C=O) groups excluding carboxylic acids is 1. The van der Waals surface area contributed by atoms with Crippen molar-refractivity contribution in [2.24, 2.45) is 0 Å². The zero-order valence-corrected chi connectivity index (χ0v) is 11.1. The molecule has 0 fully saturated rings. The Bertz CT molecular complexity index is 608. The molecule has 0 saturated heterocycles. The van der Waals surface area contributed by atoms with Gasteiger partial charge in [0.05, 0.1) is 5.69 Å². The van der Waals surface area contributed by atoms with Crippen LogP contribution in [0.4, 0.5) is 14.5 Å². The van der Waals surface area contributed by atoms with Crippen molar-refractivity contribution in [3.05, 3.63) is 65.2 Å². The Morgan fingerprint density at radius 2 is 1.80 bits per heavy atom. The maximum atomic E-state index is 13.4. The molecule has 1 N–H and O–H groups in total. The number of nitrogens with one attached hydrogen (secondary N) is 1. The van der Waals surface area contributed by atoms with E-state index in [2.05, 4.69) is 5.32 Å². The third-order valence-electron chi connectivity index (χ3n) is 2.97. The summed E-state index contributed by atoms with van der Waals surface area (Å²) in [7, 11) is 0. The van der Waals surface area contributed by atoms with Crippen LogP contribution in [-0.4, -0.2) is 5.91 Å². The summed E-state index contributed by atoms with van der Waals surface area (Å²) in [6, 6.07) is 10.9. The molecular weight excluding hydrogens is 260 g/mol. The zero-order chi connectivity index (χ0) is 14.5. The molecule has 2 aromatic rings. The Balaban J connectivity index is 1.90. The van der Waals surface area contributed by atoms with Crippen molar-refractivity contribution in [2.75, 3.05) is 5.32 Å². The Morgan fingerprint density at radius 1 is 1.10 bits per heavy atom. The number of rotatable bonds is 4. The molecule has 104 valence electrons. The summed E-state index contributed by atoms with van der Waals surface area (Å²) >= 11 is 0. The van der Waals surface area contributed by atoms with E-state index in [1.165, 1.54) is 6.07 Å². The first-order valence-corrected chi connectivity index (χ1v) is 6.35. The number of hydrogen-bond acceptors (Lipinski definition) is 1. The highest BCUT2D eigenvalue weighted by atomic mass is 19.1. The number of amides is 1. The lowest BCUT2D eigenvalue weighted by Gasteiger charge is -2.06. The van der Waals surface area contributed by atoms with Crippen LogP contribution in [0, 0.1) is 18.6 Å². The maximum absolute atomic E-state index is 13.4. The van der Waals surface area contributed by atoms with Gasteiger partial charge in [0.15, 0.2) is 0 Å². The van der Waals surface area contributed by atoms with Gasteiger partial charge in [-0.05, 0) is 31.0 Å². The lowest BCUT2D eigenvalue weighted by atomic mass is 10.1. The fourth-order valence-electron chi connectivity index (χ4n) is 1.82. The highest BCUT2D eigenvalue weighted by molar-refractivity contribution is 5.90. The van der Waals surface area contributed by atoms with Gasteiger partial charge < -0.3 is 5.32 Å². The third kappa shape index (κ3) is 3.88. The lowest BCUT2D eigenvalue weighted by Crippen LogP contribution is -2.13. The van der Waals surface area contributed by atoms with Crippen LogP contribution >= 0.6 is 0 Å². The standard InChI is InChI=1S/C16H15F2NO/c1-11-2-4-12(5-3-11)6-9-16(20)19-15-8-7-13(17)10-14(15)18/h2-5,7-8,10H,6,9H2,1H3,(H,19,20). The Hall–Kier alpha value is -2.23. The fourth-order valence-corrected chi connectivity index (χ4v) is 1.82. The molecule has 0 atom stereocenters. The molecule has 2 aromatic carbocycles. The molecule has 0 aliphatic rings. The lowest BCUT2D eigenvalue weighted by molar-refractivity contribution is -0.116. The van der Waals surface area contributed by atoms with Gasteiger partial charge in [0.1, 0.15) is 11.6 Å². The highest BCUT2D eigenvalue weighted by Gasteiger charge is 2.08. The van der Waals surface area contributed by atoms with Crippen molar-refractivity contribution in [2.45, 2.75) is 19.8 Å². The molecule has 0 heterocycles. The van der Waals surface area contributed by atoms with Gasteiger partial charge >= 0.3 is 0 Å². The average Bonchev–Trinajstić information content (AvgIpc) is 2.41. The molecule has 0 aromatic heterocycles. The molecule has 0 spiro atoms. The minimum atomic E-state index is -0.770. The molecule has 0 aliphatic heterocycles. The molecule has 0 bridgehead atoms. The van der Waals surface area contributed by atoms with Gasteiger partial charge in [-0.15, -0.1) is 0 Å². The van der Waals surface area contributed by atoms with Gasteiger partial charge in [0.2, 0.25) is 5.91 Å². The van der Waals surface area contributed by atoms with Crippen LogP contribution in [0.25, 0.3) is 0 Å². The first kappa shape index (κ1) is 14.2. The van der Waals surface area contributed by atoms with Crippen LogP contribution in [0.1, 0.15) is 17.5 Å². The number of anilines is 1. The van der Waals surface area contributed by atoms with E-state index in [1.54, 1.807) is 0 Å². The molecule has 0 aliphatic carbocycles. The van der Waals surface area contributed by atoms with E-state index in [1.807, 2.05) is 31.2 Å². The Morgan fingerprint density at radius 3 is 2.45 bits per heavy atom. The van der Waals surface area contributed by atoms with Gasteiger partial charge in [0.25, 0.3) is 0 Å². The van der Waals surface area contributed by atoms with Crippen LogP contribution in [0.2, 0.25) is 0 Å². The summed E-state index contributed by atoms with van der Waals surface area (Å²) in [5.74, 6) is -1.73. The molecular formula is C16H15F2NO. The third-order valence-corrected chi connectivity index (χ3v) is 2.97. The fraction of sp³-hybridized carbons (Fsp3) is 0.188. The molecule has 0 unspecified atom stereocenters. The topological polar surface area (TPSA) is 29.1 Å². The zero-order valence-electron chi connectivity index (χ0n) is 11.1. The summed E-state index contributed by atoms with van der Waals surface area (Å²) in [6.45, 7) is 1.99. The first-order chi connectivity index (χ1) is 9.54. The maximum Gasteiger partial charge on any atom is 0.224 e. The van der Waals surface area contributed by atoms with E-state index in [0.29, 0.717) is 6.42 Å². The molecule has 2 rings (SSSR count). The summed E-state index contributed by atoms with van der Waals surface area (Å²) in [4.78, 5) is 11.7. The summed E-state index contributed by atoms with van der Waals surface area (Å²) < 4.78 is 26.1. The van der Waals surface area contributed by atoms with Crippen LogP contribution in [-0.2, 0) is 11.2 Å². The molecule has 20 heavy (non-hydrogen) atoms. The SMILES string of the molecule is Cc1ccc(CCC(=O)Nc2ccc(F)cc2F)cc1. The normalized spacial score (nSPS) is 10.3. The van der Waals surface area contributed by atoms with E-state index in [0.717, 1.165) is 23.3 Å². The van der Waals surface area contributed by atoms with Gasteiger partial charge in [-0.2, -0.15) is 0 Å². The van der Waals surface area contributed by atoms with E-state index in [-0.39, 0.29) is 18.0 Å². The largest absolute Gasteiger partial charge is 0.324 e. The van der Waals surface area contributed by atoms with Crippen molar-refractivity contribution < 1.29 is 13.6 Å². The molecule has 0 saturated carbocycles. The van der Waals surface area contributed by atoms with Gasteiger partial charge in [-0.25, -0.2) is 8.78 Å². The minimum Gasteiger partial charge on any atom is -0.324 e. The number of halogens is 2. The van der Waals surface area contributed by atoms with Crippen LogP contribution in [0.3, 0.4) is 0 Å². The smallest absolute Gasteiger partial charge is 0.224 e.